The molecule has 1 aliphatic rings. The minimum absolute atomic E-state index is 0.176. The summed E-state index contributed by atoms with van der Waals surface area (Å²) in [6.07, 6.45) is 1.59. The molecule has 7 heteroatoms. The van der Waals surface area contributed by atoms with E-state index in [1.54, 1.807) is 13.3 Å². The molecule has 7 nitrogen and oxygen atoms in total. The largest absolute Gasteiger partial charge is 0.393 e. The van der Waals surface area contributed by atoms with Crippen LogP contribution in [0.25, 0.3) is 0 Å². The van der Waals surface area contributed by atoms with Gasteiger partial charge in [0.15, 0.2) is 0 Å². The Morgan fingerprint density at radius 3 is 2.62 bits per heavy atom. The smallest absolute Gasteiger partial charge is 0.255 e. The number of nitrogens with two attached hydrogens (primary N) is 2. The van der Waals surface area contributed by atoms with Crippen LogP contribution in [-0.4, -0.2) is 50.4 Å². The van der Waals surface area contributed by atoms with E-state index in [1.165, 1.54) is 0 Å². The zero-order valence-corrected chi connectivity index (χ0v) is 9.27. The molecule has 16 heavy (non-hydrogen) atoms. The van der Waals surface area contributed by atoms with Gasteiger partial charge in [-0.05, 0) is 0 Å². The normalized spacial score (nSPS) is 18.5. The Morgan fingerprint density at radius 2 is 2.12 bits per heavy atom. The second kappa shape index (κ2) is 6.09. The van der Waals surface area contributed by atoms with Crippen molar-refractivity contribution >= 4 is 12.1 Å². The predicted octanol–water partition coefficient (Wildman–Crippen LogP) is -0.943. The van der Waals surface area contributed by atoms with E-state index < -0.39 is 0 Å². The van der Waals surface area contributed by atoms with Crippen molar-refractivity contribution in [2.24, 2.45) is 16.6 Å². The Bertz CT molecular complexity index is 307. The maximum atomic E-state index is 7.42. The van der Waals surface area contributed by atoms with Crippen molar-refractivity contribution in [3.8, 4) is 0 Å². The van der Waals surface area contributed by atoms with Crippen molar-refractivity contribution in [2.75, 3.05) is 33.4 Å². The molecule has 0 radical (unpaired) electrons. The molecule has 0 aromatic carbocycles. The summed E-state index contributed by atoms with van der Waals surface area (Å²) in [5, 5.41) is 7.42. The van der Waals surface area contributed by atoms with Crippen LogP contribution in [0, 0.1) is 5.41 Å². The molecule has 0 atom stereocenters. The number of ether oxygens (including phenoxy) is 1. The van der Waals surface area contributed by atoms with E-state index in [9.17, 15) is 0 Å². The predicted molar refractivity (Wildman–Crippen MR) is 61.0 cm³/mol. The minimum Gasteiger partial charge on any atom is -0.393 e. The lowest BCUT2D eigenvalue weighted by molar-refractivity contribution is 0.0563. The number of aliphatic imine (C=N–C) groups is 1. The van der Waals surface area contributed by atoms with Crippen LogP contribution < -0.4 is 11.6 Å². The molecule has 1 saturated heterocycles. The van der Waals surface area contributed by atoms with Gasteiger partial charge in [0.2, 0.25) is 0 Å². The summed E-state index contributed by atoms with van der Waals surface area (Å²) in [5.74, 6) is 4.65. The molecule has 1 rings (SSSR count). The molecule has 90 valence electrons. The van der Waals surface area contributed by atoms with Gasteiger partial charge in [-0.1, -0.05) is 0 Å². The molecule has 1 heterocycles. The molecule has 0 unspecified atom stereocenters. The Labute approximate surface area is 94.2 Å². The monoisotopic (exact) mass is 227 g/mol. The summed E-state index contributed by atoms with van der Waals surface area (Å²) in [5.41, 5.74) is 6.58. The number of hydrogen-bond acceptors (Lipinski definition) is 7. The lowest BCUT2D eigenvalue weighted by Gasteiger charge is -2.30. The van der Waals surface area contributed by atoms with Crippen molar-refractivity contribution in [2.45, 2.75) is 0 Å². The first-order chi connectivity index (χ1) is 7.70. The zero-order chi connectivity index (χ0) is 12.0. The highest BCUT2D eigenvalue weighted by Crippen LogP contribution is 2.09. The Hall–Kier alpha value is -1.60. The van der Waals surface area contributed by atoms with E-state index >= 15 is 0 Å². The van der Waals surface area contributed by atoms with Gasteiger partial charge >= 0.3 is 0 Å². The highest BCUT2D eigenvalue weighted by molar-refractivity contribution is 5.96. The van der Waals surface area contributed by atoms with Crippen LogP contribution in [0.2, 0.25) is 0 Å². The van der Waals surface area contributed by atoms with Crippen molar-refractivity contribution < 1.29 is 9.57 Å². The van der Waals surface area contributed by atoms with E-state index in [1.807, 2.05) is 4.90 Å². The van der Waals surface area contributed by atoms with Crippen molar-refractivity contribution in [3.05, 3.63) is 11.4 Å². The quantitative estimate of drug-likeness (QED) is 0.327. The van der Waals surface area contributed by atoms with Gasteiger partial charge in [0, 0.05) is 26.4 Å². The molecule has 1 fully saturated rings. The van der Waals surface area contributed by atoms with Crippen LogP contribution >= 0.6 is 0 Å². The molecular weight excluding hydrogens is 210 g/mol. The summed E-state index contributed by atoms with van der Waals surface area (Å²) in [4.78, 5) is 10.2. The summed E-state index contributed by atoms with van der Waals surface area (Å²) in [6.45, 7) is 2.68. The zero-order valence-electron chi connectivity index (χ0n) is 9.27. The summed E-state index contributed by atoms with van der Waals surface area (Å²) in [6, 6.07) is 0. The fourth-order valence-electron chi connectivity index (χ4n) is 1.43. The third-order valence-corrected chi connectivity index (χ3v) is 2.24. The van der Waals surface area contributed by atoms with Gasteiger partial charge in [-0.25, -0.2) is 0 Å². The highest BCUT2D eigenvalue weighted by Gasteiger charge is 2.17. The number of morpholine rings is 1. The van der Waals surface area contributed by atoms with Crippen molar-refractivity contribution in [1.29, 1.82) is 5.41 Å². The highest BCUT2D eigenvalue weighted by atomic mass is 16.6. The third kappa shape index (κ3) is 2.94. The fourth-order valence-corrected chi connectivity index (χ4v) is 1.43. The van der Waals surface area contributed by atoms with Crippen LogP contribution in [0.15, 0.2) is 16.4 Å². The second-order valence-corrected chi connectivity index (χ2v) is 3.23. The molecule has 0 aromatic rings. The SMILES string of the molecule is CN=CC(=C(N)C(=N)ON)N1CCOCC1. The van der Waals surface area contributed by atoms with Gasteiger partial charge in [0.1, 0.15) is 5.70 Å². The minimum atomic E-state index is -0.263. The fraction of sp³-hybridized carbons (Fsp3) is 0.556. The van der Waals surface area contributed by atoms with Gasteiger partial charge in [0.05, 0.1) is 18.9 Å². The Balaban J connectivity index is 2.91. The van der Waals surface area contributed by atoms with E-state index in [-0.39, 0.29) is 11.6 Å². The standard InChI is InChI=1S/C9H17N5O2/c1-13-6-7(8(10)9(11)16-12)14-2-4-15-5-3-14/h6,11H,2-5,10,12H2,1H3. The van der Waals surface area contributed by atoms with Gasteiger partial charge in [-0.15, -0.1) is 0 Å². The van der Waals surface area contributed by atoms with Gasteiger partial charge in [0.25, 0.3) is 5.90 Å². The first kappa shape index (κ1) is 12.5. The number of nitrogens with zero attached hydrogens (tertiary/aromatic N) is 2. The number of rotatable bonds is 3. The summed E-state index contributed by atoms with van der Waals surface area (Å²) >= 11 is 0. The van der Waals surface area contributed by atoms with Gasteiger partial charge < -0.3 is 20.2 Å². The molecule has 0 saturated carbocycles. The average Bonchev–Trinajstić information content (AvgIpc) is 2.35. The lowest BCUT2D eigenvalue weighted by atomic mass is 10.2. The van der Waals surface area contributed by atoms with Crippen LogP contribution in [0.4, 0.5) is 0 Å². The number of hydrogen-bond donors (Lipinski definition) is 3. The maximum Gasteiger partial charge on any atom is 0.255 e. The van der Waals surface area contributed by atoms with Crippen molar-refractivity contribution in [3.63, 3.8) is 0 Å². The van der Waals surface area contributed by atoms with E-state index in [0.29, 0.717) is 32.0 Å². The maximum absolute atomic E-state index is 7.42. The van der Waals surface area contributed by atoms with E-state index in [4.69, 9.17) is 21.8 Å². The Morgan fingerprint density at radius 1 is 1.50 bits per heavy atom. The second-order valence-electron chi connectivity index (χ2n) is 3.23. The number of nitrogens with one attached hydrogen (secondary N) is 1. The van der Waals surface area contributed by atoms with Crippen LogP contribution in [0.1, 0.15) is 0 Å². The van der Waals surface area contributed by atoms with Crippen LogP contribution in [-0.2, 0) is 9.57 Å². The van der Waals surface area contributed by atoms with Gasteiger partial charge in [-0.3, -0.25) is 10.4 Å². The van der Waals surface area contributed by atoms with Crippen LogP contribution in [0.5, 0.6) is 0 Å². The summed E-state index contributed by atoms with van der Waals surface area (Å²) in [7, 11) is 1.64. The molecule has 1 aliphatic heterocycles. The molecule has 0 spiro atoms. The molecule has 5 N–H and O–H groups in total. The molecule has 0 aliphatic carbocycles. The van der Waals surface area contributed by atoms with Crippen molar-refractivity contribution in [1.82, 2.24) is 4.90 Å². The van der Waals surface area contributed by atoms with Gasteiger partial charge in [-0.2, -0.15) is 5.90 Å². The first-order valence-corrected chi connectivity index (χ1v) is 4.91. The molecular formula is C9H17N5O2. The topological polar surface area (TPSA) is 110 Å². The van der Waals surface area contributed by atoms with E-state index in [2.05, 4.69) is 9.83 Å². The average molecular weight is 227 g/mol. The molecule has 0 bridgehead atoms. The number of allylic oxidation sites excluding steroid dienone is 1. The van der Waals surface area contributed by atoms with Crippen LogP contribution in [0.3, 0.4) is 0 Å². The lowest BCUT2D eigenvalue weighted by Crippen LogP contribution is -2.38. The third-order valence-electron chi connectivity index (χ3n) is 2.24. The first-order valence-electron chi connectivity index (χ1n) is 4.91. The molecule has 0 amide bonds. The summed E-state index contributed by atoms with van der Waals surface area (Å²) < 4.78 is 5.24. The Kier molecular flexibility index (Phi) is 4.74. The van der Waals surface area contributed by atoms with E-state index in [0.717, 1.165) is 0 Å². The molecule has 0 aromatic heterocycles.